The molecule has 88 valence electrons. The van der Waals surface area contributed by atoms with Gasteiger partial charge >= 0.3 is 0 Å². The Labute approximate surface area is 106 Å². The van der Waals surface area contributed by atoms with Crippen molar-refractivity contribution in [2.75, 3.05) is 18.0 Å². The number of anilines is 1. The van der Waals surface area contributed by atoms with Crippen molar-refractivity contribution < 1.29 is 0 Å². The quantitative estimate of drug-likeness (QED) is 0.724. The van der Waals surface area contributed by atoms with Gasteiger partial charge in [-0.2, -0.15) is 0 Å². The van der Waals surface area contributed by atoms with Crippen LogP contribution in [0.1, 0.15) is 31.4 Å². The molecule has 0 radical (unpaired) electrons. The molecule has 2 fully saturated rings. The Morgan fingerprint density at radius 1 is 1.25 bits per heavy atom. The average Bonchev–Trinajstić information content (AvgIpc) is 3.21. The van der Waals surface area contributed by atoms with E-state index in [9.17, 15) is 0 Å². The van der Waals surface area contributed by atoms with E-state index in [4.69, 9.17) is 11.6 Å². The fourth-order valence-corrected chi connectivity index (χ4v) is 3.03. The lowest BCUT2D eigenvalue weighted by Gasteiger charge is -2.21. The molecule has 0 aliphatic heterocycles. The third kappa shape index (κ3) is 2.69. The second-order valence-electron chi connectivity index (χ2n) is 5.05. The normalized spacial score (nSPS) is 20.1. The van der Waals surface area contributed by atoms with Gasteiger partial charge in [-0.25, -0.2) is 4.98 Å². The minimum Gasteiger partial charge on any atom is -0.348 e. The minimum atomic E-state index is 0.539. The highest BCUT2D eigenvalue weighted by atomic mass is 35.5. The van der Waals surface area contributed by atoms with Crippen LogP contribution in [0.2, 0.25) is 0 Å². The van der Waals surface area contributed by atoms with Gasteiger partial charge in [-0.3, -0.25) is 0 Å². The van der Waals surface area contributed by atoms with Crippen LogP contribution in [0.4, 0.5) is 5.13 Å². The molecule has 2 aliphatic carbocycles. The number of alkyl halides is 1. The van der Waals surface area contributed by atoms with Gasteiger partial charge in [0, 0.05) is 18.5 Å². The lowest BCUT2D eigenvalue weighted by molar-refractivity contribution is 0.677. The fraction of sp³-hybridized carbons (Fsp3) is 0.750. The van der Waals surface area contributed by atoms with E-state index >= 15 is 0 Å². The second-order valence-corrected chi connectivity index (χ2v) is 6.15. The lowest BCUT2D eigenvalue weighted by Crippen LogP contribution is -2.27. The maximum Gasteiger partial charge on any atom is 0.185 e. The van der Waals surface area contributed by atoms with Crippen molar-refractivity contribution in [3.8, 4) is 0 Å². The van der Waals surface area contributed by atoms with Crippen molar-refractivity contribution in [3.63, 3.8) is 0 Å². The molecule has 16 heavy (non-hydrogen) atoms. The highest BCUT2D eigenvalue weighted by molar-refractivity contribution is 7.13. The zero-order valence-corrected chi connectivity index (χ0v) is 10.9. The van der Waals surface area contributed by atoms with E-state index in [0.29, 0.717) is 5.88 Å². The third-order valence-corrected chi connectivity index (χ3v) is 4.52. The van der Waals surface area contributed by atoms with E-state index in [1.807, 2.05) is 0 Å². The molecule has 0 N–H and O–H groups in total. The topological polar surface area (TPSA) is 16.1 Å². The zero-order valence-electron chi connectivity index (χ0n) is 9.36. The van der Waals surface area contributed by atoms with Gasteiger partial charge in [0.15, 0.2) is 5.13 Å². The van der Waals surface area contributed by atoms with E-state index in [1.165, 1.54) is 43.9 Å². The first-order chi connectivity index (χ1) is 7.85. The predicted octanol–water partition coefficient (Wildman–Crippen LogP) is 3.51. The van der Waals surface area contributed by atoms with E-state index in [0.717, 1.165) is 17.5 Å². The molecule has 0 aromatic carbocycles. The molecule has 1 aromatic rings. The van der Waals surface area contributed by atoms with E-state index in [-0.39, 0.29) is 0 Å². The van der Waals surface area contributed by atoms with E-state index < -0.39 is 0 Å². The summed E-state index contributed by atoms with van der Waals surface area (Å²) in [6, 6.07) is 0. The second kappa shape index (κ2) is 4.53. The Morgan fingerprint density at radius 2 is 1.88 bits per heavy atom. The first kappa shape index (κ1) is 10.8. The summed E-state index contributed by atoms with van der Waals surface area (Å²) >= 11 is 7.56. The van der Waals surface area contributed by atoms with Crippen LogP contribution in [-0.4, -0.2) is 18.1 Å². The maximum absolute atomic E-state index is 5.81. The molecule has 1 aromatic heterocycles. The van der Waals surface area contributed by atoms with Gasteiger partial charge in [0.1, 0.15) is 0 Å². The fourth-order valence-electron chi connectivity index (χ4n) is 1.96. The summed E-state index contributed by atoms with van der Waals surface area (Å²) in [6.07, 6.45) is 5.65. The van der Waals surface area contributed by atoms with Crippen LogP contribution in [0.15, 0.2) is 5.38 Å². The molecule has 0 atom stereocenters. The largest absolute Gasteiger partial charge is 0.348 e. The maximum atomic E-state index is 5.81. The van der Waals surface area contributed by atoms with E-state index in [2.05, 4.69) is 15.3 Å². The molecule has 1 heterocycles. The van der Waals surface area contributed by atoms with Crippen molar-refractivity contribution in [2.24, 2.45) is 11.8 Å². The highest BCUT2D eigenvalue weighted by Gasteiger charge is 2.30. The number of rotatable bonds is 6. The van der Waals surface area contributed by atoms with Crippen LogP contribution < -0.4 is 4.90 Å². The molecule has 2 saturated carbocycles. The monoisotopic (exact) mass is 256 g/mol. The first-order valence-corrected chi connectivity index (χ1v) is 7.52. The predicted molar refractivity (Wildman–Crippen MR) is 69.3 cm³/mol. The van der Waals surface area contributed by atoms with Crippen molar-refractivity contribution >= 4 is 28.1 Å². The summed E-state index contributed by atoms with van der Waals surface area (Å²) in [7, 11) is 0. The standard InChI is InChI=1S/C12H17ClN2S/c13-5-11-8-16-12(14-11)15(6-9-1-2-9)7-10-3-4-10/h8-10H,1-7H2. The Balaban J connectivity index is 1.68. The first-order valence-electron chi connectivity index (χ1n) is 6.10. The molecule has 2 nitrogen and oxygen atoms in total. The molecule has 3 rings (SSSR count). The Bertz CT molecular complexity index is 344. The molecular weight excluding hydrogens is 240 g/mol. The molecule has 0 amide bonds. The van der Waals surface area contributed by atoms with Crippen molar-refractivity contribution in [1.29, 1.82) is 0 Å². The van der Waals surface area contributed by atoms with Crippen LogP contribution in [0.3, 0.4) is 0 Å². The SMILES string of the molecule is ClCc1csc(N(CC2CC2)CC2CC2)n1. The van der Waals surface area contributed by atoms with Gasteiger partial charge in [-0.1, -0.05) is 0 Å². The minimum absolute atomic E-state index is 0.539. The molecule has 0 saturated heterocycles. The van der Waals surface area contributed by atoms with E-state index in [1.54, 1.807) is 11.3 Å². The Hall–Kier alpha value is -0.280. The third-order valence-electron chi connectivity index (χ3n) is 3.30. The van der Waals surface area contributed by atoms with Gasteiger partial charge in [-0.15, -0.1) is 22.9 Å². The zero-order chi connectivity index (χ0) is 11.0. The number of hydrogen-bond acceptors (Lipinski definition) is 3. The summed E-state index contributed by atoms with van der Waals surface area (Å²) < 4.78 is 0. The van der Waals surface area contributed by atoms with Crippen molar-refractivity contribution in [2.45, 2.75) is 31.6 Å². The molecular formula is C12H17ClN2S. The van der Waals surface area contributed by atoms with Crippen LogP contribution in [0.5, 0.6) is 0 Å². The van der Waals surface area contributed by atoms with Crippen LogP contribution in [0.25, 0.3) is 0 Å². The number of nitrogens with zero attached hydrogens (tertiary/aromatic N) is 2. The van der Waals surface area contributed by atoms with Crippen LogP contribution in [0, 0.1) is 11.8 Å². The van der Waals surface area contributed by atoms with Crippen LogP contribution >= 0.6 is 22.9 Å². The van der Waals surface area contributed by atoms with Gasteiger partial charge < -0.3 is 4.90 Å². The molecule has 4 heteroatoms. The summed E-state index contributed by atoms with van der Waals surface area (Å²) in [4.78, 5) is 7.10. The van der Waals surface area contributed by atoms with Crippen molar-refractivity contribution in [3.05, 3.63) is 11.1 Å². The number of hydrogen-bond donors (Lipinski definition) is 0. The molecule has 0 unspecified atom stereocenters. The number of aromatic nitrogens is 1. The number of halogens is 1. The summed E-state index contributed by atoms with van der Waals surface area (Å²) in [5.41, 5.74) is 1.03. The number of thiazole rings is 1. The average molecular weight is 257 g/mol. The van der Waals surface area contributed by atoms with Gasteiger partial charge in [0.25, 0.3) is 0 Å². The molecule has 0 bridgehead atoms. The van der Waals surface area contributed by atoms with Crippen molar-refractivity contribution in [1.82, 2.24) is 4.98 Å². The summed E-state index contributed by atoms with van der Waals surface area (Å²) in [6.45, 7) is 2.43. The summed E-state index contributed by atoms with van der Waals surface area (Å²) in [5, 5.41) is 3.28. The smallest absolute Gasteiger partial charge is 0.185 e. The highest BCUT2D eigenvalue weighted by Crippen LogP contribution is 2.36. The molecule has 0 spiro atoms. The van der Waals surface area contributed by atoms with Gasteiger partial charge in [0.2, 0.25) is 0 Å². The van der Waals surface area contributed by atoms with Gasteiger partial charge in [-0.05, 0) is 37.5 Å². The molecule has 2 aliphatic rings. The Morgan fingerprint density at radius 3 is 2.31 bits per heavy atom. The van der Waals surface area contributed by atoms with Gasteiger partial charge in [0.05, 0.1) is 11.6 Å². The van der Waals surface area contributed by atoms with Crippen LogP contribution in [-0.2, 0) is 5.88 Å². The Kier molecular flexibility index (Phi) is 3.07. The lowest BCUT2D eigenvalue weighted by atomic mass is 10.3. The summed E-state index contributed by atoms with van der Waals surface area (Å²) in [5.74, 6) is 2.40.